The highest BCUT2D eigenvalue weighted by atomic mass is 15.3. The Bertz CT molecular complexity index is 237. The predicted molar refractivity (Wildman–Crippen MR) is 74.2 cm³/mol. The molecule has 0 spiro atoms. The van der Waals surface area contributed by atoms with Crippen molar-refractivity contribution in [2.75, 3.05) is 13.1 Å². The van der Waals surface area contributed by atoms with Crippen LogP contribution in [-0.2, 0) is 0 Å². The Morgan fingerprint density at radius 1 is 1.06 bits per heavy atom. The first-order valence-corrected chi connectivity index (χ1v) is 6.54. The van der Waals surface area contributed by atoms with E-state index in [0.717, 1.165) is 38.6 Å². The van der Waals surface area contributed by atoms with Gasteiger partial charge in [-0.15, -0.1) is 0 Å². The molecule has 0 saturated carbocycles. The van der Waals surface area contributed by atoms with Crippen LogP contribution in [0.5, 0.6) is 0 Å². The molecule has 0 aromatic rings. The minimum absolute atomic E-state index is 0.0159. The fraction of sp³-hybridized carbons (Fsp3) is 0.833. The lowest BCUT2D eigenvalue weighted by Crippen LogP contribution is -2.46. The molecule has 0 aliphatic heterocycles. The minimum Gasteiger partial charge on any atom is -0.370 e. The second-order valence-corrected chi connectivity index (χ2v) is 4.19. The highest BCUT2D eigenvalue weighted by Crippen LogP contribution is 1.99. The Labute approximate surface area is 105 Å². The van der Waals surface area contributed by atoms with E-state index in [0.29, 0.717) is 12.5 Å². The quantitative estimate of drug-likeness (QED) is 0.344. The summed E-state index contributed by atoms with van der Waals surface area (Å²) in [6.07, 6.45) is 6.61. The molecule has 5 nitrogen and oxygen atoms in total. The molecule has 0 rings (SSSR count). The van der Waals surface area contributed by atoms with Gasteiger partial charge < -0.3 is 11.5 Å². The van der Waals surface area contributed by atoms with Crippen LogP contribution in [0.4, 0.5) is 0 Å². The van der Waals surface area contributed by atoms with E-state index >= 15 is 0 Å². The van der Waals surface area contributed by atoms with Gasteiger partial charge in [0.1, 0.15) is 0 Å². The van der Waals surface area contributed by atoms with Gasteiger partial charge in [-0.1, -0.05) is 39.5 Å². The van der Waals surface area contributed by atoms with E-state index in [1.807, 2.05) is 0 Å². The lowest BCUT2D eigenvalue weighted by Gasteiger charge is -2.21. The van der Waals surface area contributed by atoms with Gasteiger partial charge in [-0.2, -0.15) is 0 Å². The van der Waals surface area contributed by atoms with Gasteiger partial charge in [0.25, 0.3) is 0 Å². The van der Waals surface area contributed by atoms with Crippen molar-refractivity contribution in [2.24, 2.45) is 16.5 Å². The first-order valence-electron chi connectivity index (χ1n) is 6.54. The van der Waals surface area contributed by atoms with Crippen LogP contribution >= 0.6 is 0 Å². The predicted octanol–water partition coefficient (Wildman–Crippen LogP) is 1.88. The van der Waals surface area contributed by atoms with Crippen LogP contribution in [-0.4, -0.2) is 29.9 Å². The maximum absolute atomic E-state index is 7.48. The maximum Gasteiger partial charge on any atom is 0.198 e. The first-order chi connectivity index (χ1) is 8.13. The summed E-state index contributed by atoms with van der Waals surface area (Å²) in [7, 11) is 0. The molecule has 0 saturated heterocycles. The summed E-state index contributed by atoms with van der Waals surface area (Å²) in [4.78, 5) is 5.85. The van der Waals surface area contributed by atoms with Crippen LogP contribution in [0.15, 0.2) is 4.99 Å². The monoisotopic (exact) mass is 241 g/mol. The molecule has 0 aliphatic rings. The molecule has 0 bridgehead atoms. The number of hydrogen-bond acceptors (Lipinski definition) is 2. The molecule has 0 aromatic heterocycles. The largest absolute Gasteiger partial charge is 0.370 e. The number of guanidine groups is 2. The van der Waals surface area contributed by atoms with Gasteiger partial charge in [0.2, 0.25) is 0 Å². The van der Waals surface area contributed by atoms with Gasteiger partial charge in [0, 0.05) is 13.1 Å². The van der Waals surface area contributed by atoms with Crippen molar-refractivity contribution in [2.45, 2.75) is 52.4 Å². The second-order valence-electron chi connectivity index (χ2n) is 4.19. The lowest BCUT2D eigenvalue weighted by molar-refractivity contribution is 0.537. The van der Waals surface area contributed by atoms with Gasteiger partial charge in [-0.3, -0.25) is 15.3 Å². The molecular formula is C12H27N5. The fourth-order valence-corrected chi connectivity index (χ4v) is 1.52. The number of hydrogen-bond donors (Lipinski definition) is 3. The molecule has 17 heavy (non-hydrogen) atoms. The van der Waals surface area contributed by atoms with Crippen LogP contribution in [0.1, 0.15) is 52.4 Å². The molecule has 5 heteroatoms. The summed E-state index contributed by atoms with van der Waals surface area (Å²) in [6.45, 7) is 5.70. The molecule has 0 atom stereocenters. The Kier molecular flexibility index (Phi) is 9.19. The van der Waals surface area contributed by atoms with Crippen LogP contribution in [0.3, 0.4) is 0 Å². The van der Waals surface area contributed by atoms with Gasteiger partial charge in [0.15, 0.2) is 11.9 Å². The molecular weight excluding hydrogens is 214 g/mol. The van der Waals surface area contributed by atoms with E-state index in [9.17, 15) is 0 Å². The van der Waals surface area contributed by atoms with Crippen molar-refractivity contribution in [3.63, 3.8) is 0 Å². The van der Waals surface area contributed by atoms with E-state index in [1.165, 1.54) is 6.42 Å². The highest BCUT2D eigenvalue weighted by molar-refractivity contribution is 5.95. The van der Waals surface area contributed by atoms with E-state index in [1.54, 1.807) is 4.90 Å². The molecule has 100 valence electrons. The summed E-state index contributed by atoms with van der Waals surface area (Å²) in [6, 6.07) is 0. The Hall–Kier alpha value is -1.26. The highest BCUT2D eigenvalue weighted by Gasteiger charge is 2.09. The van der Waals surface area contributed by atoms with Crippen LogP contribution in [0, 0.1) is 5.41 Å². The van der Waals surface area contributed by atoms with Gasteiger partial charge in [-0.05, 0) is 12.8 Å². The zero-order valence-electron chi connectivity index (χ0n) is 11.2. The molecule has 0 aliphatic carbocycles. The first kappa shape index (κ1) is 15.7. The van der Waals surface area contributed by atoms with Gasteiger partial charge >= 0.3 is 0 Å². The summed E-state index contributed by atoms with van der Waals surface area (Å²) < 4.78 is 0. The average molecular weight is 241 g/mol. The summed E-state index contributed by atoms with van der Waals surface area (Å²) >= 11 is 0. The SMILES string of the molecule is CCCCCN=C(N)N(CCCCC)C(=N)N. The summed E-state index contributed by atoms with van der Waals surface area (Å²) in [5.74, 6) is 0.363. The third kappa shape index (κ3) is 7.60. The third-order valence-electron chi connectivity index (χ3n) is 2.59. The Morgan fingerprint density at radius 3 is 2.18 bits per heavy atom. The zero-order valence-corrected chi connectivity index (χ0v) is 11.2. The number of nitrogens with zero attached hydrogens (tertiary/aromatic N) is 2. The number of nitrogens with two attached hydrogens (primary N) is 2. The molecule has 0 aromatic carbocycles. The standard InChI is InChI=1S/C12H27N5/c1-3-5-7-9-16-12(15)17(11(13)14)10-8-6-4-2/h3-10H2,1-2H3,(H3,13,14)(H2,15,16). The molecule has 0 unspecified atom stereocenters. The minimum atomic E-state index is -0.0159. The Morgan fingerprint density at radius 2 is 1.65 bits per heavy atom. The van der Waals surface area contributed by atoms with Crippen molar-refractivity contribution >= 4 is 11.9 Å². The van der Waals surface area contributed by atoms with Crippen LogP contribution in [0.2, 0.25) is 0 Å². The molecule has 0 heterocycles. The fourth-order valence-electron chi connectivity index (χ4n) is 1.52. The van der Waals surface area contributed by atoms with E-state index in [-0.39, 0.29) is 5.96 Å². The van der Waals surface area contributed by atoms with E-state index < -0.39 is 0 Å². The average Bonchev–Trinajstić information content (AvgIpc) is 2.29. The Balaban J connectivity index is 4.13. The van der Waals surface area contributed by atoms with E-state index in [4.69, 9.17) is 16.9 Å². The third-order valence-corrected chi connectivity index (χ3v) is 2.59. The van der Waals surface area contributed by atoms with Crippen molar-refractivity contribution in [1.82, 2.24) is 4.90 Å². The van der Waals surface area contributed by atoms with Crippen molar-refractivity contribution in [3.8, 4) is 0 Å². The van der Waals surface area contributed by atoms with Crippen molar-refractivity contribution in [1.29, 1.82) is 5.41 Å². The van der Waals surface area contributed by atoms with Crippen LogP contribution < -0.4 is 11.5 Å². The number of aliphatic imine (C=N–C) groups is 1. The molecule has 0 radical (unpaired) electrons. The second kappa shape index (κ2) is 9.93. The normalized spacial score (nSPS) is 11.5. The van der Waals surface area contributed by atoms with Gasteiger partial charge in [0.05, 0.1) is 0 Å². The topological polar surface area (TPSA) is 91.5 Å². The molecule has 0 amide bonds. The summed E-state index contributed by atoms with van der Waals surface area (Å²) in [5, 5.41) is 7.48. The maximum atomic E-state index is 7.48. The molecule has 0 fully saturated rings. The smallest absolute Gasteiger partial charge is 0.198 e. The summed E-state index contributed by atoms with van der Waals surface area (Å²) in [5.41, 5.74) is 11.3. The molecule has 5 N–H and O–H groups in total. The lowest BCUT2D eigenvalue weighted by atomic mass is 10.2. The zero-order chi connectivity index (χ0) is 13.1. The number of unbranched alkanes of at least 4 members (excludes halogenated alkanes) is 4. The van der Waals surface area contributed by atoms with Gasteiger partial charge in [-0.25, -0.2) is 0 Å². The van der Waals surface area contributed by atoms with Crippen LogP contribution in [0.25, 0.3) is 0 Å². The number of rotatable bonds is 8. The van der Waals surface area contributed by atoms with Crippen molar-refractivity contribution < 1.29 is 0 Å². The van der Waals surface area contributed by atoms with E-state index in [2.05, 4.69) is 18.8 Å². The van der Waals surface area contributed by atoms with Crippen molar-refractivity contribution in [3.05, 3.63) is 0 Å². The number of nitrogens with one attached hydrogen (secondary N) is 1.